The van der Waals surface area contributed by atoms with Crippen LogP contribution in [0.15, 0.2) is 101 Å². The molecule has 0 radical (unpaired) electrons. The number of aldehydes is 1. The number of nitrogens with one attached hydrogen (secondary N) is 1. The monoisotopic (exact) mass is 479 g/mol. The Balaban J connectivity index is 1.26. The SMILES string of the molecule is Cc1ccc(CNC(=O)OCC2c3ccccc3-c3ccccc32)c(Sc2ccccc2C=O)c1. The summed E-state index contributed by atoms with van der Waals surface area (Å²) in [6.45, 7) is 2.64. The smallest absolute Gasteiger partial charge is 0.407 e. The van der Waals surface area contributed by atoms with Gasteiger partial charge in [-0.05, 0) is 52.4 Å². The predicted molar refractivity (Wildman–Crippen MR) is 139 cm³/mol. The van der Waals surface area contributed by atoms with Crippen LogP contribution >= 0.6 is 11.8 Å². The van der Waals surface area contributed by atoms with E-state index in [2.05, 4.69) is 35.6 Å². The lowest BCUT2D eigenvalue weighted by atomic mass is 9.98. The first-order valence-electron chi connectivity index (χ1n) is 11.5. The summed E-state index contributed by atoms with van der Waals surface area (Å²) >= 11 is 1.53. The normalized spacial score (nSPS) is 12.0. The van der Waals surface area contributed by atoms with Gasteiger partial charge in [-0.1, -0.05) is 90.6 Å². The van der Waals surface area contributed by atoms with Gasteiger partial charge in [0.1, 0.15) is 6.61 Å². The van der Waals surface area contributed by atoms with Gasteiger partial charge in [-0.15, -0.1) is 0 Å². The Kier molecular flexibility index (Phi) is 6.68. The molecule has 4 nitrogen and oxygen atoms in total. The van der Waals surface area contributed by atoms with Crippen molar-refractivity contribution in [3.8, 4) is 11.1 Å². The summed E-state index contributed by atoms with van der Waals surface area (Å²) in [7, 11) is 0. The molecule has 0 atom stereocenters. The fourth-order valence-corrected chi connectivity index (χ4v) is 5.64. The number of benzene rings is 4. The van der Waals surface area contributed by atoms with E-state index in [9.17, 15) is 9.59 Å². The number of carbonyl (C=O) groups is 2. The lowest BCUT2D eigenvalue weighted by molar-refractivity contribution is 0.112. The van der Waals surface area contributed by atoms with Crippen molar-refractivity contribution in [2.75, 3.05) is 6.61 Å². The standard InChI is InChI=1S/C30H25NO3S/c1-20-14-15-21(29(16-20)35-28-13-7-2-8-22(28)18-32)17-31-30(33)34-19-27-25-11-5-3-9-23(25)24-10-4-6-12-26(24)27/h2-16,18,27H,17,19H2,1H3,(H,31,33). The number of rotatable bonds is 7. The maximum absolute atomic E-state index is 12.6. The Morgan fingerprint density at radius 2 is 1.54 bits per heavy atom. The van der Waals surface area contributed by atoms with Gasteiger partial charge in [-0.2, -0.15) is 0 Å². The zero-order valence-corrected chi connectivity index (χ0v) is 20.2. The first-order chi connectivity index (χ1) is 17.1. The van der Waals surface area contributed by atoms with E-state index in [1.165, 1.54) is 34.0 Å². The van der Waals surface area contributed by atoms with Gasteiger partial charge in [0.05, 0.1) is 0 Å². The summed E-state index contributed by atoms with van der Waals surface area (Å²) in [6.07, 6.45) is 0.420. The molecule has 1 amide bonds. The van der Waals surface area contributed by atoms with Crippen molar-refractivity contribution in [3.05, 3.63) is 119 Å². The molecule has 5 heteroatoms. The van der Waals surface area contributed by atoms with Crippen LogP contribution in [0.3, 0.4) is 0 Å². The van der Waals surface area contributed by atoms with E-state index in [0.717, 1.165) is 27.2 Å². The van der Waals surface area contributed by atoms with Gasteiger partial charge < -0.3 is 10.1 Å². The van der Waals surface area contributed by atoms with Gasteiger partial charge in [-0.25, -0.2) is 4.79 Å². The summed E-state index contributed by atoms with van der Waals surface area (Å²) in [5.41, 5.74) is 7.51. The van der Waals surface area contributed by atoms with Gasteiger partial charge in [0.25, 0.3) is 0 Å². The van der Waals surface area contributed by atoms with Crippen molar-refractivity contribution in [2.24, 2.45) is 0 Å². The predicted octanol–water partition coefficient (Wildman–Crippen LogP) is 7.00. The lowest BCUT2D eigenvalue weighted by Gasteiger charge is -2.15. The molecular weight excluding hydrogens is 454 g/mol. The highest BCUT2D eigenvalue weighted by atomic mass is 32.2. The molecule has 0 aromatic heterocycles. The van der Waals surface area contributed by atoms with Gasteiger partial charge in [0, 0.05) is 27.8 Å². The molecule has 0 saturated heterocycles. The van der Waals surface area contributed by atoms with E-state index in [0.29, 0.717) is 12.1 Å². The van der Waals surface area contributed by atoms with Crippen molar-refractivity contribution in [3.63, 3.8) is 0 Å². The molecule has 0 unspecified atom stereocenters. The second-order valence-electron chi connectivity index (χ2n) is 8.55. The van der Waals surface area contributed by atoms with Crippen molar-refractivity contribution >= 4 is 24.1 Å². The van der Waals surface area contributed by atoms with E-state index in [1.54, 1.807) is 6.07 Å². The molecule has 4 aromatic rings. The topological polar surface area (TPSA) is 55.4 Å². The third-order valence-corrected chi connectivity index (χ3v) is 7.45. The Morgan fingerprint density at radius 1 is 0.886 bits per heavy atom. The minimum atomic E-state index is -0.448. The van der Waals surface area contributed by atoms with Gasteiger partial charge >= 0.3 is 6.09 Å². The quantitative estimate of drug-likeness (QED) is 0.290. The maximum atomic E-state index is 12.6. The summed E-state index contributed by atoms with van der Waals surface area (Å²) < 4.78 is 5.68. The van der Waals surface area contributed by atoms with Crippen LogP contribution in [0.4, 0.5) is 4.79 Å². The minimum absolute atomic E-state index is 0.0264. The van der Waals surface area contributed by atoms with Crippen LogP contribution in [0.1, 0.15) is 38.5 Å². The maximum Gasteiger partial charge on any atom is 0.407 e. The van der Waals surface area contributed by atoms with E-state index in [1.807, 2.05) is 61.5 Å². The Morgan fingerprint density at radius 3 is 2.26 bits per heavy atom. The zero-order chi connectivity index (χ0) is 24.2. The average Bonchev–Trinajstić information content (AvgIpc) is 3.21. The summed E-state index contributed by atoms with van der Waals surface area (Å²) in [5, 5.41) is 2.90. The molecule has 0 spiro atoms. The van der Waals surface area contributed by atoms with Crippen LogP contribution in [0, 0.1) is 6.92 Å². The van der Waals surface area contributed by atoms with Crippen LogP contribution in [0.2, 0.25) is 0 Å². The number of alkyl carbamates (subject to hydrolysis) is 1. The molecule has 1 aliphatic carbocycles. The first kappa shape index (κ1) is 22.9. The van der Waals surface area contributed by atoms with E-state index in [4.69, 9.17) is 4.74 Å². The molecule has 0 aliphatic heterocycles. The highest BCUT2D eigenvalue weighted by Gasteiger charge is 2.29. The number of carbonyl (C=O) groups excluding carboxylic acids is 2. The molecule has 174 valence electrons. The molecule has 1 aliphatic rings. The molecule has 0 fully saturated rings. The first-order valence-corrected chi connectivity index (χ1v) is 12.4. The molecule has 1 N–H and O–H groups in total. The fourth-order valence-electron chi connectivity index (χ4n) is 4.51. The fraction of sp³-hybridized carbons (Fsp3) is 0.133. The van der Waals surface area contributed by atoms with Crippen LogP contribution in [-0.4, -0.2) is 19.0 Å². The summed E-state index contributed by atoms with van der Waals surface area (Å²) in [5.74, 6) is 0.0264. The van der Waals surface area contributed by atoms with Crippen LogP contribution in [0.25, 0.3) is 11.1 Å². The largest absolute Gasteiger partial charge is 0.449 e. The Hall–Kier alpha value is -3.83. The van der Waals surface area contributed by atoms with Crippen molar-refractivity contribution in [1.82, 2.24) is 5.32 Å². The summed E-state index contributed by atoms with van der Waals surface area (Å²) in [4.78, 5) is 26.0. The number of hydrogen-bond acceptors (Lipinski definition) is 4. The van der Waals surface area contributed by atoms with Crippen molar-refractivity contribution < 1.29 is 14.3 Å². The van der Waals surface area contributed by atoms with Gasteiger partial charge in [0.2, 0.25) is 0 Å². The molecule has 0 bridgehead atoms. The second-order valence-corrected chi connectivity index (χ2v) is 9.63. The van der Waals surface area contributed by atoms with Crippen molar-refractivity contribution in [2.45, 2.75) is 29.2 Å². The number of ether oxygens (including phenoxy) is 1. The minimum Gasteiger partial charge on any atom is -0.449 e. The number of amides is 1. The van der Waals surface area contributed by atoms with Crippen LogP contribution in [-0.2, 0) is 11.3 Å². The molecule has 0 saturated carbocycles. The average molecular weight is 480 g/mol. The van der Waals surface area contributed by atoms with E-state index in [-0.39, 0.29) is 12.5 Å². The lowest BCUT2D eigenvalue weighted by Crippen LogP contribution is -2.26. The molecular formula is C30H25NO3S. The van der Waals surface area contributed by atoms with Gasteiger partial charge in [-0.3, -0.25) is 4.79 Å². The van der Waals surface area contributed by atoms with Crippen molar-refractivity contribution in [1.29, 1.82) is 0 Å². The Bertz CT molecular complexity index is 1350. The molecule has 4 aromatic carbocycles. The van der Waals surface area contributed by atoms with E-state index < -0.39 is 6.09 Å². The number of aryl methyl sites for hydroxylation is 1. The molecule has 5 rings (SSSR count). The van der Waals surface area contributed by atoms with Crippen LogP contribution in [0.5, 0.6) is 0 Å². The number of hydrogen-bond donors (Lipinski definition) is 1. The van der Waals surface area contributed by atoms with Gasteiger partial charge in [0.15, 0.2) is 6.29 Å². The third kappa shape index (κ3) is 4.86. The van der Waals surface area contributed by atoms with Crippen LogP contribution < -0.4 is 5.32 Å². The highest BCUT2D eigenvalue weighted by molar-refractivity contribution is 7.99. The third-order valence-electron chi connectivity index (χ3n) is 6.26. The number of fused-ring (bicyclic) bond motifs is 3. The molecule has 0 heterocycles. The second kappa shape index (κ2) is 10.2. The highest BCUT2D eigenvalue weighted by Crippen LogP contribution is 2.44. The summed E-state index contributed by atoms with van der Waals surface area (Å²) in [6, 6.07) is 30.2. The Labute approximate surface area is 209 Å². The zero-order valence-electron chi connectivity index (χ0n) is 19.4. The molecule has 35 heavy (non-hydrogen) atoms. The van der Waals surface area contributed by atoms with E-state index >= 15 is 0 Å².